The zero-order valence-corrected chi connectivity index (χ0v) is 15.3. The van der Waals surface area contributed by atoms with E-state index >= 15 is 0 Å². The summed E-state index contributed by atoms with van der Waals surface area (Å²) in [5, 5.41) is 3.75. The first kappa shape index (κ1) is 16.6. The number of nitrogens with zero attached hydrogens (tertiary/aromatic N) is 2. The maximum absolute atomic E-state index is 3.75. The highest BCUT2D eigenvalue weighted by Crippen LogP contribution is 2.30. The standard InChI is InChI=1S/C17H28BrN3/c1-13(2)12-21-9-7-15(8-10-21)19-16-11-14(18)5-6-17(16)20(3)4/h5-6,11,13,15,19H,7-10,12H2,1-4H3. The average Bonchev–Trinajstić information content (AvgIpc) is 2.40. The Kier molecular flexibility index (Phi) is 5.94. The summed E-state index contributed by atoms with van der Waals surface area (Å²) >= 11 is 3.58. The van der Waals surface area contributed by atoms with Gasteiger partial charge in [-0.3, -0.25) is 0 Å². The highest BCUT2D eigenvalue weighted by molar-refractivity contribution is 9.10. The van der Waals surface area contributed by atoms with E-state index in [1.807, 2.05) is 0 Å². The topological polar surface area (TPSA) is 18.5 Å². The maximum Gasteiger partial charge on any atom is 0.0597 e. The monoisotopic (exact) mass is 353 g/mol. The number of anilines is 2. The number of halogens is 1. The van der Waals surface area contributed by atoms with Gasteiger partial charge in [-0.1, -0.05) is 29.8 Å². The number of likely N-dealkylation sites (tertiary alicyclic amines) is 1. The molecule has 2 rings (SSSR count). The normalized spacial score (nSPS) is 17.2. The Morgan fingerprint density at radius 1 is 1.29 bits per heavy atom. The molecule has 0 saturated carbocycles. The lowest BCUT2D eigenvalue weighted by atomic mass is 10.0. The summed E-state index contributed by atoms with van der Waals surface area (Å²) in [5.41, 5.74) is 2.49. The summed E-state index contributed by atoms with van der Waals surface area (Å²) in [6.07, 6.45) is 2.46. The number of nitrogens with one attached hydrogen (secondary N) is 1. The number of hydrogen-bond donors (Lipinski definition) is 1. The highest BCUT2D eigenvalue weighted by Gasteiger charge is 2.20. The lowest BCUT2D eigenvalue weighted by Gasteiger charge is -2.34. The number of rotatable bonds is 5. The predicted molar refractivity (Wildman–Crippen MR) is 96.4 cm³/mol. The van der Waals surface area contributed by atoms with Crippen molar-refractivity contribution < 1.29 is 0 Å². The molecule has 1 aromatic rings. The minimum absolute atomic E-state index is 0.585. The zero-order chi connectivity index (χ0) is 15.4. The summed E-state index contributed by atoms with van der Waals surface area (Å²) in [7, 11) is 4.19. The second-order valence-electron chi connectivity index (χ2n) is 6.67. The van der Waals surface area contributed by atoms with Crippen molar-refractivity contribution >= 4 is 27.3 Å². The van der Waals surface area contributed by atoms with Gasteiger partial charge in [-0.05, 0) is 37.0 Å². The molecule has 0 unspecified atom stereocenters. The van der Waals surface area contributed by atoms with Crippen molar-refractivity contribution in [3.63, 3.8) is 0 Å². The smallest absolute Gasteiger partial charge is 0.0597 e. The quantitative estimate of drug-likeness (QED) is 0.861. The van der Waals surface area contributed by atoms with E-state index in [9.17, 15) is 0 Å². The SMILES string of the molecule is CC(C)CN1CCC(Nc2cc(Br)ccc2N(C)C)CC1. The van der Waals surface area contributed by atoms with Crippen LogP contribution in [0.2, 0.25) is 0 Å². The van der Waals surface area contributed by atoms with Crippen molar-refractivity contribution in [2.24, 2.45) is 5.92 Å². The Labute approximate surface area is 137 Å². The maximum atomic E-state index is 3.75. The van der Waals surface area contributed by atoms with E-state index in [-0.39, 0.29) is 0 Å². The zero-order valence-electron chi connectivity index (χ0n) is 13.7. The first-order chi connectivity index (χ1) is 9.95. The molecule has 0 bridgehead atoms. The molecule has 1 heterocycles. The van der Waals surface area contributed by atoms with Crippen LogP contribution in [0.5, 0.6) is 0 Å². The second-order valence-corrected chi connectivity index (χ2v) is 7.58. The fraction of sp³-hybridized carbons (Fsp3) is 0.647. The van der Waals surface area contributed by atoms with E-state index in [0.29, 0.717) is 6.04 Å². The van der Waals surface area contributed by atoms with Crippen LogP contribution in [0.1, 0.15) is 26.7 Å². The Morgan fingerprint density at radius 2 is 1.95 bits per heavy atom. The van der Waals surface area contributed by atoms with Gasteiger partial charge in [0.1, 0.15) is 0 Å². The van der Waals surface area contributed by atoms with Crippen LogP contribution in [-0.4, -0.2) is 44.7 Å². The first-order valence-corrected chi connectivity index (χ1v) is 8.70. The summed E-state index contributed by atoms with van der Waals surface area (Å²) < 4.78 is 1.13. The Bertz CT molecular complexity index is 451. The van der Waals surface area contributed by atoms with Crippen molar-refractivity contribution in [3.8, 4) is 0 Å². The van der Waals surface area contributed by atoms with Gasteiger partial charge in [0, 0.05) is 44.2 Å². The largest absolute Gasteiger partial charge is 0.381 e. The Balaban J connectivity index is 1.96. The number of hydrogen-bond acceptors (Lipinski definition) is 3. The van der Waals surface area contributed by atoms with Crippen molar-refractivity contribution in [2.75, 3.05) is 43.9 Å². The fourth-order valence-electron chi connectivity index (χ4n) is 3.01. The molecular formula is C17H28BrN3. The summed E-state index contributed by atoms with van der Waals surface area (Å²) in [4.78, 5) is 4.76. The van der Waals surface area contributed by atoms with E-state index < -0.39 is 0 Å². The molecule has 118 valence electrons. The molecule has 1 saturated heterocycles. The van der Waals surface area contributed by atoms with Crippen molar-refractivity contribution in [1.29, 1.82) is 0 Å². The minimum Gasteiger partial charge on any atom is -0.381 e. The Hall–Kier alpha value is -0.740. The molecule has 1 fully saturated rings. The Morgan fingerprint density at radius 3 is 2.52 bits per heavy atom. The van der Waals surface area contributed by atoms with Gasteiger partial charge in [-0.2, -0.15) is 0 Å². The van der Waals surface area contributed by atoms with Crippen LogP contribution in [0.25, 0.3) is 0 Å². The van der Waals surface area contributed by atoms with Crippen LogP contribution in [-0.2, 0) is 0 Å². The van der Waals surface area contributed by atoms with Gasteiger partial charge >= 0.3 is 0 Å². The van der Waals surface area contributed by atoms with Crippen LogP contribution >= 0.6 is 15.9 Å². The molecule has 0 aliphatic carbocycles. The predicted octanol–water partition coefficient (Wildman–Crippen LogP) is 4.05. The van der Waals surface area contributed by atoms with Gasteiger partial charge in [-0.25, -0.2) is 0 Å². The van der Waals surface area contributed by atoms with Crippen LogP contribution in [0.3, 0.4) is 0 Å². The summed E-state index contributed by atoms with van der Waals surface area (Å²) in [6.45, 7) is 8.25. The van der Waals surface area contributed by atoms with Gasteiger partial charge in [0.2, 0.25) is 0 Å². The van der Waals surface area contributed by atoms with Gasteiger partial charge < -0.3 is 15.1 Å². The van der Waals surface area contributed by atoms with Crippen molar-refractivity contribution in [3.05, 3.63) is 22.7 Å². The van der Waals surface area contributed by atoms with Gasteiger partial charge in [-0.15, -0.1) is 0 Å². The molecule has 3 nitrogen and oxygen atoms in total. The van der Waals surface area contributed by atoms with Crippen LogP contribution in [0.4, 0.5) is 11.4 Å². The number of piperidine rings is 1. The molecule has 1 N–H and O–H groups in total. The molecule has 0 radical (unpaired) electrons. The molecule has 0 amide bonds. The van der Waals surface area contributed by atoms with Crippen molar-refractivity contribution in [1.82, 2.24) is 4.90 Å². The molecule has 21 heavy (non-hydrogen) atoms. The lowest BCUT2D eigenvalue weighted by molar-refractivity contribution is 0.198. The van der Waals surface area contributed by atoms with E-state index in [4.69, 9.17) is 0 Å². The van der Waals surface area contributed by atoms with Crippen LogP contribution < -0.4 is 10.2 Å². The molecule has 4 heteroatoms. The molecule has 1 aromatic carbocycles. The first-order valence-electron chi connectivity index (χ1n) is 7.91. The second kappa shape index (κ2) is 7.50. The van der Waals surface area contributed by atoms with Crippen LogP contribution in [0, 0.1) is 5.92 Å². The van der Waals surface area contributed by atoms with Gasteiger partial charge in [0.05, 0.1) is 11.4 Å². The molecule has 1 aliphatic heterocycles. The van der Waals surface area contributed by atoms with E-state index in [2.05, 4.69) is 77.2 Å². The third-order valence-corrected chi connectivity index (χ3v) is 4.50. The summed E-state index contributed by atoms with van der Waals surface area (Å²) in [5.74, 6) is 0.764. The van der Waals surface area contributed by atoms with E-state index in [1.54, 1.807) is 0 Å². The average molecular weight is 354 g/mol. The molecule has 0 spiro atoms. The van der Waals surface area contributed by atoms with E-state index in [0.717, 1.165) is 10.4 Å². The highest BCUT2D eigenvalue weighted by atomic mass is 79.9. The number of benzene rings is 1. The van der Waals surface area contributed by atoms with Gasteiger partial charge in [0.15, 0.2) is 0 Å². The van der Waals surface area contributed by atoms with Crippen molar-refractivity contribution in [2.45, 2.75) is 32.7 Å². The summed E-state index contributed by atoms with van der Waals surface area (Å²) in [6, 6.07) is 7.04. The van der Waals surface area contributed by atoms with E-state index in [1.165, 1.54) is 43.9 Å². The third kappa shape index (κ3) is 4.89. The molecule has 0 aromatic heterocycles. The molecule has 0 atom stereocenters. The van der Waals surface area contributed by atoms with Crippen LogP contribution in [0.15, 0.2) is 22.7 Å². The minimum atomic E-state index is 0.585. The third-order valence-electron chi connectivity index (χ3n) is 4.01. The molecular weight excluding hydrogens is 326 g/mol. The molecule has 1 aliphatic rings. The lowest BCUT2D eigenvalue weighted by Crippen LogP contribution is -2.40. The van der Waals surface area contributed by atoms with Gasteiger partial charge in [0.25, 0.3) is 0 Å². The fourth-order valence-corrected chi connectivity index (χ4v) is 3.37.